The lowest BCUT2D eigenvalue weighted by Crippen LogP contribution is -2.10. The highest BCUT2D eigenvalue weighted by atomic mass is 16.6. The minimum Gasteiger partial charge on any atom is -0.491 e. The standard InChI is InChI=1S/C12H17N3.C11H16O3/c1-4-6-12(10-13)8-7-11(3)15-14-9-5-2;1-5-6-10(4)13-7-8-14-11(12)9(2)3/h4-7,9,12H,8H2,1-3H3;5-6H,2,4,7-8H2,1,3H3/b6-4-,9-5+,11-7+,15-14+;6-5-. The minimum absolute atomic E-state index is 0.0677. The lowest BCUT2D eigenvalue weighted by Gasteiger charge is -2.06. The fourth-order valence-corrected chi connectivity index (χ4v) is 1.60. The minimum atomic E-state index is -0.398. The Kier molecular flexibility index (Phi) is 18.9. The molecule has 158 valence electrons. The van der Waals surface area contributed by atoms with E-state index in [1.807, 2.05) is 58.1 Å². The maximum Gasteiger partial charge on any atom is 0.333 e. The summed E-state index contributed by atoms with van der Waals surface area (Å²) in [6.45, 7) is 16.7. The van der Waals surface area contributed by atoms with Gasteiger partial charge in [0.2, 0.25) is 0 Å². The van der Waals surface area contributed by atoms with Crippen molar-refractivity contribution in [3.05, 3.63) is 72.8 Å². The average molecular weight is 400 g/mol. The predicted octanol–water partition coefficient (Wildman–Crippen LogP) is 6.19. The van der Waals surface area contributed by atoms with E-state index in [0.29, 0.717) is 24.4 Å². The molecule has 0 aromatic carbocycles. The fourth-order valence-electron chi connectivity index (χ4n) is 1.60. The number of hydrogen-bond acceptors (Lipinski definition) is 6. The molecule has 1 atom stereocenters. The van der Waals surface area contributed by atoms with Crippen molar-refractivity contribution in [1.82, 2.24) is 0 Å². The maximum atomic E-state index is 10.9. The molecule has 0 aliphatic carbocycles. The molecule has 0 spiro atoms. The summed E-state index contributed by atoms with van der Waals surface area (Å²) in [5, 5.41) is 16.5. The molecule has 0 rings (SSSR count). The van der Waals surface area contributed by atoms with Gasteiger partial charge in [0, 0.05) is 11.8 Å². The van der Waals surface area contributed by atoms with Gasteiger partial charge in [0.05, 0.1) is 17.7 Å². The third-order valence-electron chi connectivity index (χ3n) is 2.99. The Morgan fingerprint density at radius 1 is 1.10 bits per heavy atom. The number of nitriles is 1. The summed E-state index contributed by atoms with van der Waals surface area (Å²) in [4.78, 5) is 10.9. The third-order valence-corrected chi connectivity index (χ3v) is 2.99. The van der Waals surface area contributed by atoms with Crippen LogP contribution in [-0.2, 0) is 14.3 Å². The molecule has 0 N–H and O–H groups in total. The zero-order valence-corrected chi connectivity index (χ0v) is 18.2. The normalized spacial score (nSPS) is 12.6. The smallest absolute Gasteiger partial charge is 0.333 e. The van der Waals surface area contributed by atoms with Crippen LogP contribution in [0.15, 0.2) is 83.1 Å². The van der Waals surface area contributed by atoms with Gasteiger partial charge in [-0.15, -0.1) is 0 Å². The van der Waals surface area contributed by atoms with Crippen LogP contribution in [0.4, 0.5) is 0 Å². The van der Waals surface area contributed by atoms with Crippen molar-refractivity contribution in [2.24, 2.45) is 16.1 Å². The molecule has 0 amide bonds. The van der Waals surface area contributed by atoms with Crippen molar-refractivity contribution in [2.45, 2.75) is 41.0 Å². The van der Waals surface area contributed by atoms with Crippen molar-refractivity contribution in [2.75, 3.05) is 13.2 Å². The van der Waals surface area contributed by atoms with E-state index in [1.165, 1.54) is 0 Å². The second kappa shape index (κ2) is 19.6. The summed E-state index contributed by atoms with van der Waals surface area (Å²) in [6.07, 6.45) is 13.4. The molecule has 6 nitrogen and oxygen atoms in total. The zero-order chi connectivity index (χ0) is 22.5. The van der Waals surface area contributed by atoms with Crippen LogP contribution in [0.1, 0.15) is 41.0 Å². The van der Waals surface area contributed by atoms with E-state index < -0.39 is 5.97 Å². The molecule has 0 bridgehead atoms. The first-order valence-electron chi connectivity index (χ1n) is 9.30. The highest BCUT2D eigenvalue weighted by molar-refractivity contribution is 5.86. The summed E-state index contributed by atoms with van der Waals surface area (Å²) in [5.41, 5.74) is 1.22. The highest BCUT2D eigenvalue weighted by Gasteiger charge is 2.02. The van der Waals surface area contributed by atoms with Crippen LogP contribution in [-0.4, -0.2) is 19.2 Å². The van der Waals surface area contributed by atoms with Gasteiger partial charge in [0.25, 0.3) is 0 Å². The molecule has 0 heterocycles. The summed E-state index contributed by atoms with van der Waals surface area (Å²) < 4.78 is 9.93. The number of nitrogens with zero attached hydrogens (tertiary/aromatic N) is 3. The summed E-state index contributed by atoms with van der Waals surface area (Å²) in [6, 6.07) is 2.21. The molecule has 1 unspecified atom stereocenters. The first-order chi connectivity index (χ1) is 13.8. The fraction of sp³-hybridized carbons (Fsp3) is 0.391. The van der Waals surface area contributed by atoms with Crippen LogP contribution in [0.5, 0.6) is 0 Å². The number of esters is 1. The van der Waals surface area contributed by atoms with Gasteiger partial charge < -0.3 is 9.47 Å². The lowest BCUT2D eigenvalue weighted by molar-refractivity contribution is -0.140. The topological polar surface area (TPSA) is 84.0 Å². The van der Waals surface area contributed by atoms with Gasteiger partial charge in [0.15, 0.2) is 0 Å². The quantitative estimate of drug-likeness (QED) is 0.0788. The molecule has 6 heteroatoms. The van der Waals surface area contributed by atoms with E-state index in [4.69, 9.17) is 14.7 Å². The SMILES string of the molecule is C/C=C\C(C#N)C/C=C(C)/N=N/C=C/C.C=C(/C=C\C)OCCOC(=O)C(=C)C. The Labute approximate surface area is 175 Å². The van der Waals surface area contributed by atoms with E-state index in [0.717, 1.165) is 5.70 Å². The molecular formula is C23H33N3O3. The van der Waals surface area contributed by atoms with Gasteiger partial charge in [0.1, 0.15) is 19.0 Å². The zero-order valence-electron chi connectivity index (χ0n) is 18.2. The Bertz CT molecular complexity index is 693. The second-order valence-corrected chi connectivity index (χ2v) is 5.77. The van der Waals surface area contributed by atoms with E-state index in [1.54, 1.807) is 19.2 Å². The molecule has 29 heavy (non-hydrogen) atoms. The van der Waals surface area contributed by atoms with Crippen molar-refractivity contribution in [3.8, 4) is 6.07 Å². The molecular weight excluding hydrogens is 366 g/mol. The van der Waals surface area contributed by atoms with Gasteiger partial charge >= 0.3 is 5.97 Å². The molecule has 0 aromatic heterocycles. The number of rotatable bonds is 11. The molecule has 0 aliphatic heterocycles. The first-order valence-corrected chi connectivity index (χ1v) is 9.30. The van der Waals surface area contributed by atoms with Crippen LogP contribution < -0.4 is 0 Å². The number of carbonyl (C=O) groups is 1. The second-order valence-electron chi connectivity index (χ2n) is 5.77. The molecule has 0 saturated heterocycles. The van der Waals surface area contributed by atoms with Crippen LogP contribution in [0.25, 0.3) is 0 Å². The Hall–Kier alpha value is -3.20. The lowest BCUT2D eigenvalue weighted by atomic mass is 10.1. The van der Waals surface area contributed by atoms with E-state index >= 15 is 0 Å². The van der Waals surface area contributed by atoms with E-state index in [2.05, 4.69) is 29.5 Å². The highest BCUT2D eigenvalue weighted by Crippen LogP contribution is 2.08. The number of carbonyl (C=O) groups excluding carboxylic acids is 1. The monoisotopic (exact) mass is 399 g/mol. The number of azo groups is 1. The molecule has 0 radical (unpaired) electrons. The number of allylic oxidation sites excluding steroid dienone is 7. The average Bonchev–Trinajstić information content (AvgIpc) is 2.69. The van der Waals surface area contributed by atoms with Gasteiger partial charge in [-0.1, -0.05) is 43.5 Å². The van der Waals surface area contributed by atoms with Crippen LogP contribution in [0.2, 0.25) is 0 Å². The Balaban J connectivity index is 0. The van der Waals surface area contributed by atoms with Crippen molar-refractivity contribution >= 4 is 5.97 Å². The largest absolute Gasteiger partial charge is 0.491 e. The summed E-state index contributed by atoms with van der Waals surface area (Å²) >= 11 is 0. The predicted molar refractivity (Wildman–Crippen MR) is 118 cm³/mol. The third kappa shape index (κ3) is 19.4. The summed E-state index contributed by atoms with van der Waals surface area (Å²) in [5.74, 6) is 0.0889. The molecule has 0 fully saturated rings. The summed E-state index contributed by atoms with van der Waals surface area (Å²) in [7, 11) is 0. The van der Waals surface area contributed by atoms with Gasteiger partial charge in [-0.3, -0.25) is 0 Å². The van der Waals surface area contributed by atoms with Gasteiger partial charge in [-0.2, -0.15) is 15.5 Å². The Morgan fingerprint density at radius 2 is 1.76 bits per heavy atom. The molecule has 0 saturated carbocycles. The van der Waals surface area contributed by atoms with Crippen LogP contribution in [0, 0.1) is 17.2 Å². The Morgan fingerprint density at radius 3 is 2.28 bits per heavy atom. The van der Waals surface area contributed by atoms with E-state index in [-0.39, 0.29) is 12.5 Å². The van der Waals surface area contributed by atoms with E-state index in [9.17, 15) is 4.79 Å². The maximum absolute atomic E-state index is 10.9. The van der Waals surface area contributed by atoms with Crippen molar-refractivity contribution in [1.29, 1.82) is 5.26 Å². The van der Waals surface area contributed by atoms with Crippen molar-refractivity contribution < 1.29 is 14.3 Å². The van der Waals surface area contributed by atoms with Crippen LogP contribution in [0.3, 0.4) is 0 Å². The molecule has 0 aromatic rings. The van der Waals surface area contributed by atoms with Crippen molar-refractivity contribution in [3.63, 3.8) is 0 Å². The van der Waals surface area contributed by atoms with Gasteiger partial charge in [-0.05, 0) is 47.1 Å². The van der Waals surface area contributed by atoms with Gasteiger partial charge in [-0.25, -0.2) is 4.79 Å². The number of ether oxygens (including phenoxy) is 2. The molecule has 0 aliphatic rings. The van der Waals surface area contributed by atoms with Crippen LogP contribution >= 0.6 is 0 Å². The first kappa shape index (κ1) is 28.0. The number of hydrogen-bond donors (Lipinski definition) is 0.